The van der Waals surface area contributed by atoms with E-state index in [-0.39, 0.29) is 16.0 Å². The minimum absolute atomic E-state index is 0.0804. The molecule has 1 N–H and O–H groups in total. The number of halogens is 1. The number of nitrogens with one attached hydrogen (secondary N) is 1. The van der Waals surface area contributed by atoms with E-state index in [0.717, 1.165) is 19.3 Å². The van der Waals surface area contributed by atoms with Gasteiger partial charge in [0.05, 0.1) is 10.6 Å². The van der Waals surface area contributed by atoms with Crippen LogP contribution in [0.2, 0.25) is 0 Å². The molecule has 0 radical (unpaired) electrons. The van der Waals surface area contributed by atoms with E-state index in [0.29, 0.717) is 18.8 Å². The zero-order valence-electron chi connectivity index (χ0n) is 15.6. The molecule has 0 aromatic heterocycles. The predicted octanol–water partition coefficient (Wildman–Crippen LogP) is 3.15. The summed E-state index contributed by atoms with van der Waals surface area (Å²) in [5.41, 5.74) is 3.12. The van der Waals surface area contributed by atoms with Gasteiger partial charge < -0.3 is 0 Å². The Hall–Kier alpha value is -2.58. The number of nitrogens with zero attached hydrogens (tertiary/aromatic N) is 2. The molecule has 0 saturated carbocycles. The summed E-state index contributed by atoms with van der Waals surface area (Å²) in [7, 11) is -3.63. The molecule has 28 heavy (non-hydrogen) atoms. The van der Waals surface area contributed by atoms with Gasteiger partial charge in [0.2, 0.25) is 10.0 Å². The lowest BCUT2D eigenvalue weighted by Gasteiger charge is -2.25. The van der Waals surface area contributed by atoms with Crippen molar-refractivity contribution in [1.29, 1.82) is 0 Å². The summed E-state index contributed by atoms with van der Waals surface area (Å²) in [6.07, 6.45) is 2.70. The summed E-state index contributed by atoms with van der Waals surface area (Å²) in [4.78, 5) is 12.5. The smallest absolute Gasteiger partial charge is 0.267 e. The second-order valence-electron chi connectivity index (χ2n) is 6.61. The molecule has 0 bridgehead atoms. The van der Waals surface area contributed by atoms with Gasteiger partial charge in [-0.25, -0.2) is 18.2 Å². The van der Waals surface area contributed by atoms with Crippen LogP contribution in [0.1, 0.15) is 42.1 Å². The monoisotopic (exact) mass is 403 g/mol. The quantitative estimate of drug-likeness (QED) is 0.615. The van der Waals surface area contributed by atoms with Crippen molar-refractivity contribution >= 4 is 21.6 Å². The summed E-state index contributed by atoms with van der Waals surface area (Å²) in [6.45, 7) is 2.56. The first-order valence-corrected chi connectivity index (χ1v) is 10.5. The fourth-order valence-corrected chi connectivity index (χ4v) is 4.63. The van der Waals surface area contributed by atoms with Gasteiger partial charge in [0.25, 0.3) is 5.91 Å². The SMILES string of the molecule is CC(=NNC(=O)c1cccc(S(=O)(=O)N2CCCCC2)c1)c1ccccc1F. The molecular weight excluding hydrogens is 381 g/mol. The Labute approximate surface area is 164 Å². The van der Waals surface area contributed by atoms with Crippen molar-refractivity contribution in [3.05, 3.63) is 65.5 Å². The summed E-state index contributed by atoms with van der Waals surface area (Å²) in [5, 5.41) is 3.93. The average Bonchev–Trinajstić information content (AvgIpc) is 2.73. The number of benzene rings is 2. The molecule has 1 aliphatic rings. The molecule has 6 nitrogen and oxygen atoms in total. The van der Waals surface area contributed by atoms with E-state index in [1.807, 2.05) is 0 Å². The third-order valence-corrected chi connectivity index (χ3v) is 6.53. The van der Waals surface area contributed by atoms with E-state index in [1.165, 1.54) is 34.6 Å². The fourth-order valence-electron chi connectivity index (χ4n) is 3.07. The normalized spacial score (nSPS) is 16.0. The fraction of sp³-hybridized carbons (Fsp3) is 0.300. The number of hydrazone groups is 1. The molecule has 3 rings (SSSR count). The maximum absolute atomic E-state index is 13.8. The topological polar surface area (TPSA) is 78.8 Å². The van der Waals surface area contributed by atoms with Crippen LogP contribution in [0, 0.1) is 5.82 Å². The molecule has 0 atom stereocenters. The Morgan fingerprint density at radius 2 is 1.79 bits per heavy atom. The van der Waals surface area contributed by atoms with E-state index in [4.69, 9.17) is 0 Å². The van der Waals surface area contributed by atoms with E-state index in [2.05, 4.69) is 10.5 Å². The molecule has 1 heterocycles. The Balaban J connectivity index is 1.77. The van der Waals surface area contributed by atoms with Crippen molar-refractivity contribution in [3.63, 3.8) is 0 Å². The van der Waals surface area contributed by atoms with Gasteiger partial charge in [-0.3, -0.25) is 4.79 Å². The van der Waals surface area contributed by atoms with Gasteiger partial charge in [0.15, 0.2) is 0 Å². The van der Waals surface area contributed by atoms with Crippen molar-refractivity contribution < 1.29 is 17.6 Å². The molecule has 1 fully saturated rings. The zero-order valence-corrected chi connectivity index (χ0v) is 16.4. The predicted molar refractivity (Wildman–Crippen MR) is 105 cm³/mol. The molecule has 1 saturated heterocycles. The van der Waals surface area contributed by atoms with Crippen LogP contribution in [0.3, 0.4) is 0 Å². The highest BCUT2D eigenvalue weighted by Gasteiger charge is 2.26. The van der Waals surface area contributed by atoms with Crippen molar-refractivity contribution in [2.24, 2.45) is 5.10 Å². The third-order valence-electron chi connectivity index (χ3n) is 4.64. The molecule has 2 aromatic carbocycles. The summed E-state index contributed by atoms with van der Waals surface area (Å²) in [6, 6.07) is 12.0. The molecular formula is C20H22FN3O3S. The zero-order chi connectivity index (χ0) is 20.1. The number of carbonyl (C=O) groups excluding carboxylic acids is 1. The van der Waals surface area contributed by atoms with Crippen LogP contribution in [0.25, 0.3) is 0 Å². The summed E-state index contributed by atoms with van der Waals surface area (Å²) >= 11 is 0. The highest BCUT2D eigenvalue weighted by Crippen LogP contribution is 2.21. The second-order valence-corrected chi connectivity index (χ2v) is 8.55. The lowest BCUT2D eigenvalue weighted by molar-refractivity contribution is 0.0954. The molecule has 148 valence electrons. The van der Waals surface area contributed by atoms with Crippen molar-refractivity contribution in [3.8, 4) is 0 Å². The van der Waals surface area contributed by atoms with Crippen molar-refractivity contribution in [1.82, 2.24) is 9.73 Å². The van der Waals surface area contributed by atoms with Gasteiger partial charge in [-0.2, -0.15) is 9.41 Å². The maximum atomic E-state index is 13.8. The van der Waals surface area contributed by atoms with Crippen LogP contribution < -0.4 is 5.43 Å². The minimum Gasteiger partial charge on any atom is -0.267 e. The third kappa shape index (κ3) is 4.45. The maximum Gasteiger partial charge on any atom is 0.271 e. The molecule has 0 unspecified atom stereocenters. The molecule has 0 aliphatic carbocycles. The second kappa shape index (κ2) is 8.62. The Morgan fingerprint density at radius 3 is 2.50 bits per heavy atom. The molecule has 0 spiro atoms. The van der Waals surface area contributed by atoms with Gasteiger partial charge in [-0.1, -0.05) is 30.7 Å². The number of rotatable bonds is 5. The molecule has 8 heteroatoms. The Bertz CT molecular complexity index is 999. The number of hydrogen-bond acceptors (Lipinski definition) is 4. The van der Waals surface area contributed by atoms with Gasteiger partial charge in [0, 0.05) is 24.2 Å². The van der Waals surface area contributed by atoms with Gasteiger partial charge in [0.1, 0.15) is 5.82 Å². The van der Waals surface area contributed by atoms with Crippen LogP contribution in [0.5, 0.6) is 0 Å². The molecule has 1 amide bonds. The number of hydrogen-bond donors (Lipinski definition) is 1. The number of piperidine rings is 1. The van der Waals surface area contributed by atoms with Gasteiger partial charge >= 0.3 is 0 Å². The first kappa shape index (κ1) is 20.2. The summed E-state index contributed by atoms with van der Waals surface area (Å²) in [5.74, 6) is -1.00. The number of amides is 1. The van der Waals surface area contributed by atoms with Crippen molar-refractivity contribution in [2.75, 3.05) is 13.1 Å². The first-order chi connectivity index (χ1) is 13.4. The van der Waals surface area contributed by atoms with Crippen LogP contribution in [-0.2, 0) is 10.0 Å². The highest BCUT2D eigenvalue weighted by atomic mass is 32.2. The molecule has 2 aromatic rings. The number of carbonyl (C=O) groups is 1. The lowest BCUT2D eigenvalue weighted by atomic mass is 10.1. The minimum atomic E-state index is -3.63. The summed E-state index contributed by atoms with van der Waals surface area (Å²) < 4.78 is 40.8. The largest absolute Gasteiger partial charge is 0.271 e. The standard InChI is InChI=1S/C20H22FN3O3S/c1-15(18-10-3-4-11-19(18)21)22-23-20(25)16-8-7-9-17(14-16)28(26,27)24-12-5-2-6-13-24/h3-4,7-11,14H,2,5-6,12-13H2,1H3,(H,23,25). The van der Waals surface area contributed by atoms with E-state index < -0.39 is 21.7 Å². The van der Waals surface area contributed by atoms with E-state index >= 15 is 0 Å². The average molecular weight is 403 g/mol. The van der Waals surface area contributed by atoms with Crippen LogP contribution in [0.15, 0.2) is 58.5 Å². The van der Waals surface area contributed by atoms with E-state index in [9.17, 15) is 17.6 Å². The van der Waals surface area contributed by atoms with Crippen LogP contribution in [0.4, 0.5) is 4.39 Å². The first-order valence-electron chi connectivity index (χ1n) is 9.09. The van der Waals surface area contributed by atoms with E-state index in [1.54, 1.807) is 25.1 Å². The Morgan fingerprint density at radius 1 is 1.07 bits per heavy atom. The number of sulfonamides is 1. The van der Waals surface area contributed by atoms with Crippen LogP contribution in [-0.4, -0.2) is 37.4 Å². The van der Waals surface area contributed by atoms with Gasteiger partial charge in [-0.05, 0) is 44.0 Å². The lowest BCUT2D eigenvalue weighted by Crippen LogP contribution is -2.35. The highest BCUT2D eigenvalue weighted by molar-refractivity contribution is 7.89. The van der Waals surface area contributed by atoms with Gasteiger partial charge in [-0.15, -0.1) is 0 Å². The van der Waals surface area contributed by atoms with Crippen molar-refractivity contribution in [2.45, 2.75) is 31.1 Å². The van der Waals surface area contributed by atoms with Crippen LogP contribution >= 0.6 is 0 Å². The molecule has 1 aliphatic heterocycles. The Kier molecular flexibility index (Phi) is 6.21.